The van der Waals surface area contributed by atoms with E-state index in [0.717, 1.165) is 28.4 Å². The van der Waals surface area contributed by atoms with Gasteiger partial charge in [-0.3, -0.25) is 9.59 Å². The Bertz CT molecular complexity index is 827. The molecule has 0 spiro atoms. The van der Waals surface area contributed by atoms with Gasteiger partial charge in [-0.25, -0.2) is 0 Å². The lowest BCUT2D eigenvalue weighted by Crippen LogP contribution is -2.43. The van der Waals surface area contributed by atoms with Crippen molar-refractivity contribution in [2.24, 2.45) is 5.92 Å². The van der Waals surface area contributed by atoms with Gasteiger partial charge in [-0.1, -0.05) is 35.2 Å². The number of nitrogens with zero attached hydrogens (tertiary/aromatic N) is 3. The fourth-order valence-electron chi connectivity index (χ4n) is 3.04. The van der Waals surface area contributed by atoms with Gasteiger partial charge in [0.05, 0.1) is 18.3 Å². The van der Waals surface area contributed by atoms with Crippen molar-refractivity contribution in [3.8, 4) is 0 Å². The number of hydrogen-bond acceptors (Lipinski definition) is 8. The van der Waals surface area contributed by atoms with E-state index < -0.39 is 0 Å². The van der Waals surface area contributed by atoms with Crippen molar-refractivity contribution < 1.29 is 14.3 Å². The third-order valence-corrected chi connectivity index (χ3v) is 6.35. The van der Waals surface area contributed by atoms with Gasteiger partial charge < -0.3 is 15.0 Å². The average Bonchev–Trinajstić information content (AvgIpc) is 3.13. The maximum atomic E-state index is 12.5. The number of rotatable bonds is 7. The van der Waals surface area contributed by atoms with Crippen molar-refractivity contribution in [1.82, 2.24) is 15.1 Å². The number of benzene rings is 1. The molecule has 1 aromatic carbocycles. The van der Waals surface area contributed by atoms with Crippen molar-refractivity contribution in [2.75, 3.05) is 30.8 Å². The number of nitrogens with one attached hydrogen (secondary N) is 1. The van der Waals surface area contributed by atoms with Gasteiger partial charge in [0.15, 0.2) is 4.34 Å². The Morgan fingerprint density at radius 2 is 2.25 bits per heavy atom. The van der Waals surface area contributed by atoms with E-state index in [1.54, 1.807) is 11.8 Å². The summed E-state index contributed by atoms with van der Waals surface area (Å²) in [7, 11) is 0. The molecule has 1 aliphatic heterocycles. The normalized spacial score (nSPS) is 16.6. The molecule has 1 aliphatic rings. The molecule has 1 N–H and O–H groups in total. The highest BCUT2D eigenvalue weighted by atomic mass is 32.2. The summed E-state index contributed by atoms with van der Waals surface area (Å²) in [5.74, 6) is -0.116. The Balaban J connectivity index is 1.49. The number of aryl methyl sites for hydroxylation is 1. The first-order valence-electron chi connectivity index (χ1n) is 9.29. The third kappa shape index (κ3) is 5.68. The zero-order valence-corrected chi connectivity index (χ0v) is 17.6. The summed E-state index contributed by atoms with van der Waals surface area (Å²) in [6, 6.07) is 8.02. The number of ether oxygens (including phenoxy) is 1. The van der Waals surface area contributed by atoms with Gasteiger partial charge in [-0.15, -0.1) is 10.2 Å². The monoisotopic (exact) mass is 420 g/mol. The smallest absolute Gasteiger partial charge is 0.310 e. The highest BCUT2D eigenvalue weighted by Gasteiger charge is 2.29. The molecular weight excluding hydrogens is 396 g/mol. The molecule has 2 heterocycles. The second kappa shape index (κ2) is 9.88. The van der Waals surface area contributed by atoms with Gasteiger partial charge in [-0.2, -0.15) is 0 Å². The molecule has 28 heavy (non-hydrogen) atoms. The fraction of sp³-hybridized carbons (Fsp3) is 0.474. The van der Waals surface area contributed by atoms with Crippen LogP contribution in [0, 0.1) is 12.8 Å². The molecule has 1 amide bonds. The van der Waals surface area contributed by atoms with Crippen molar-refractivity contribution in [3.63, 3.8) is 0 Å². The molecule has 7 nitrogen and oxygen atoms in total. The molecule has 0 saturated carbocycles. The van der Waals surface area contributed by atoms with Crippen LogP contribution in [0.4, 0.5) is 10.8 Å². The topological polar surface area (TPSA) is 84.4 Å². The van der Waals surface area contributed by atoms with Gasteiger partial charge >= 0.3 is 5.97 Å². The highest BCUT2D eigenvalue weighted by molar-refractivity contribution is 8.01. The number of likely N-dealkylation sites (tertiary alicyclic amines) is 1. The number of amides is 1. The molecular formula is C19H24N4O3S2. The molecule has 0 bridgehead atoms. The largest absolute Gasteiger partial charge is 0.466 e. The van der Waals surface area contributed by atoms with Crippen LogP contribution in [0.15, 0.2) is 28.6 Å². The Labute approximate surface area is 172 Å². The number of thioether (sulfide) groups is 1. The summed E-state index contributed by atoms with van der Waals surface area (Å²) in [5.41, 5.74) is 2.12. The van der Waals surface area contributed by atoms with Crippen LogP contribution in [0.3, 0.4) is 0 Å². The maximum absolute atomic E-state index is 12.5. The first-order valence-corrected chi connectivity index (χ1v) is 11.1. The number of anilines is 2. The average molecular weight is 421 g/mol. The molecule has 1 atom stereocenters. The van der Waals surface area contributed by atoms with Crippen molar-refractivity contribution in [1.29, 1.82) is 0 Å². The summed E-state index contributed by atoms with van der Waals surface area (Å²) < 4.78 is 5.83. The summed E-state index contributed by atoms with van der Waals surface area (Å²) in [6.45, 7) is 5.32. The molecule has 0 aliphatic carbocycles. The molecule has 1 saturated heterocycles. The molecule has 0 unspecified atom stereocenters. The van der Waals surface area contributed by atoms with E-state index in [4.69, 9.17) is 4.74 Å². The van der Waals surface area contributed by atoms with Gasteiger partial charge in [0.25, 0.3) is 0 Å². The third-order valence-electron chi connectivity index (χ3n) is 4.39. The summed E-state index contributed by atoms with van der Waals surface area (Å²) in [5, 5.41) is 12.2. The van der Waals surface area contributed by atoms with Crippen LogP contribution in [-0.2, 0) is 14.3 Å². The molecule has 3 rings (SSSR count). The fourth-order valence-corrected chi connectivity index (χ4v) is 4.71. The molecule has 2 aromatic rings. The Morgan fingerprint density at radius 3 is 3.04 bits per heavy atom. The van der Waals surface area contributed by atoms with E-state index in [2.05, 4.69) is 15.5 Å². The summed E-state index contributed by atoms with van der Waals surface area (Å²) in [6.07, 6.45) is 1.60. The number of carbonyl (C=O) groups excluding carboxylic acids is 2. The lowest BCUT2D eigenvalue weighted by molar-refractivity contribution is -0.151. The van der Waals surface area contributed by atoms with E-state index in [1.165, 1.54) is 23.1 Å². The number of esters is 1. The lowest BCUT2D eigenvalue weighted by Gasteiger charge is -2.31. The molecule has 1 fully saturated rings. The Kier molecular flexibility index (Phi) is 7.27. The van der Waals surface area contributed by atoms with Gasteiger partial charge in [-0.05, 0) is 44.4 Å². The van der Waals surface area contributed by atoms with Gasteiger partial charge in [0.1, 0.15) is 0 Å². The summed E-state index contributed by atoms with van der Waals surface area (Å²) in [4.78, 5) is 26.2. The van der Waals surface area contributed by atoms with Crippen LogP contribution in [0.1, 0.15) is 25.3 Å². The molecule has 1 aromatic heterocycles. The lowest BCUT2D eigenvalue weighted by atomic mass is 9.98. The minimum Gasteiger partial charge on any atom is -0.466 e. The Morgan fingerprint density at radius 1 is 1.39 bits per heavy atom. The van der Waals surface area contributed by atoms with Crippen LogP contribution in [-0.4, -0.2) is 52.4 Å². The molecule has 0 radical (unpaired) electrons. The van der Waals surface area contributed by atoms with Crippen LogP contribution in [0.25, 0.3) is 0 Å². The molecule has 9 heteroatoms. The van der Waals surface area contributed by atoms with Gasteiger partial charge in [0.2, 0.25) is 11.0 Å². The van der Waals surface area contributed by atoms with Crippen LogP contribution in [0.5, 0.6) is 0 Å². The predicted octanol–water partition coefficient (Wildman–Crippen LogP) is 3.48. The van der Waals surface area contributed by atoms with Crippen molar-refractivity contribution >= 4 is 45.8 Å². The second-order valence-electron chi connectivity index (χ2n) is 6.59. The van der Waals surface area contributed by atoms with Crippen LogP contribution >= 0.6 is 23.1 Å². The Hall–Kier alpha value is -2.13. The van der Waals surface area contributed by atoms with Crippen molar-refractivity contribution in [3.05, 3.63) is 29.8 Å². The maximum Gasteiger partial charge on any atom is 0.310 e. The van der Waals surface area contributed by atoms with E-state index in [0.29, 0.717) is 24.8 Å². The first kappa shape index (κ1) is 20.6. The highest BCUT2D eigenvalue weighted by Crippen LogP contribution is 2.28. The number of hydrogen-bond donors (Lipinski definition) is 1. The van der Waals surface area contributed by atoms with Crippen molar-refractivity contribution in [2.45, 2.75) is 31.0 Å². The zero-order valence-electron chi connectivity index (χ0n) is 16.0. The number of aromatic nitrogens is 2. The second-order valence-corrected chi connectivity index (χ2v) is 8.79. The SMILES string of the molecule is CCOC(=O)[C@@H]1CCCN(C(=O)CSc2nnc(Nc3cccc(C)c3)s2)C1. The van der Waals surface area contributed by atoms with Crippen LogP contribution < -0.4 is 5.32 Å². The standard InChI is InChI=1S/C19H24N4O3S2/c1-3-26-17(25)14-7-5-9-23(11-14)16(24)12-27-19-22-21-18(28-19)20-15-8-4-6-13(2)10-15/h4,6,8,10,14H,3,5,7,9,11-12H2,1-2H3,(H,20,21)/t14-/m1/s1. The predicted molar refractivity (Wildman–Crippen MR) is 111 cm³/mol. The van der Waals surface area contributed by atoms with Gasteiger partial charge in [0, 0.05) is 18.8 Å². The minimum absolute atomic E-state index is 0.0161. The number of carbonyl (C=O) groups is 2. The quantitative estimate of drug-likeness (QED) is 0.542. The van der Waals surface area contributed by atoms with E-state index in [1.807, 2.05) is 31.2 Å². The van der Waals surface area contributed by atoms with E-state index in [-0.39, 0.29) is 23.5 Å². The minimum atomic E-state index is -0.214. The molecule has 150 valence electrons. The van der Waals surface area contributed by atoms with Crippen LogP contribution in [0.2, 0.25) is 0 Å². The van der Waals surface area contributed by atoms with E-state index in [9.17, 15) is 9.59 Å². The van der Waals surface area contributed by atoms with E-state index >= 15 is 0 Å². The zero-order chi connectivity index (χ0) is 19.9. The first-order chi connectivity index (χ1) is 13.5. The number of piperidine rings is 1. The summed E-state index contributed by atoms with van der Waals surface area (Å²) >= 11 is 2.79.